The highest BCUT2D eigenvalue weighted by Crippen LogP contribution is 2.36. The van der Waals surface area contributed by atoms with Crippen LogP contribution in [0.3, 0.4) is 0 Å². The van der Waals surface area contributed by atoms with E-state index >= 15 is 0 Å². The van der Waals surface area contributed by atoms with E-state index in [9.17, 15) is 4.79 Å². The molecule has 108 valence electrons. The summed E-state index contributed by atoms with van der Waals surface area (Å²) in [5.74, 6) is -0.0887. The summed E-state index contributed by atoms with van der Waals surface area (Å²) in [6.07, 6.45) is 5.73. The van der Waals surface area contributed by atoms with E-state index in [0.717, 1.165) is 44.2 Å². The molecule has 1 aromatic carbocycles. The van der Waals surface area contributed by atoms with E-state index in [-0.39, 0.29) is 5.91 Å². The zero-order valence-electron chi connectivity index (χ0n) is 11.3. The number of halogens is 1. The summed E-state index contributed by atoms with van der Waals surface area (Å²) in [5.41, 5.74) is 5.92. The van der Waals surface area contributed by atoms with Crippen LogP contribution in [-0.2, 0) is 4.79 Å². The zero-order valence-corrected chi connectivity index (χ0v) is 12.9. The van der Waals surface area contributed by atoms with Gasteiger partial charge in [0.25, 0.3) is 0 Å². The van der Waals surface area contributed by atoms with Gasteiger partial charge in [0.2, 0.25) is 5.91 Å². The van der Waals surface area contributed by atoms with Crippen LogP contribution in [0.15, 0.2) is 24.3 Å². The highest BCUT2D eigenvalue weighted by Gasteiger charge is 2.41. The smallest absolute Gasteiger partial charge is 0.237 e. The number of amides is 1. The summed E-state index contributed by atoms with van der Waals surface area (Å²) in [6.45, 7) is 0. The number of thiocarbonyl (C=S) groups is 1. The van der Waals surface area contributed by atoms with Crippen molar-refractivity contribution in [3.8, 4) is 0 Å². The van der Waals surface area contributed by atoms with Crippen molar-refractivity contribution in [3.05, 3.63) is 29.3 Å². The Hall–Kier alpha value is -1.13. The largest absolute Gasteiger partial charge is 0.392 e. The van der Waals surface area contributed by atoms with Gasteiger partial charge in [-0.3, -0.25) is 4.79 Å². The molecule has 1 fully saturated rings. The zero-order chi connectivity index (χ0) is 14.6. The van der Waals surface area contributed by atoms with Gasteiger partial charge in [0.15, 0.2) is 0 Å². The Labute approximate surface area is 129 Å². The molecule has 0 radical (unpaired) electrons. The lowest BCUT2D eigenvalue weighted by Gasteiger charge is -2.30. The van der Waals surface area contributed by atoms with E-state index in [4.69, 9.17) is 29.6 Å². The summed E-state index contributed by atoms with van der Waals surface area (Å²) < 4.78 is 0. The van der Waals surface area contributed by atoms with Crippen molar-refractivity contribution < 1.29 is 4.79 Å². The van der Waals surface area contributed by atoms with Gasteiger partial charge in [0.05, 0.1) is 10.4 Å². The number of hydrogen-bond donors (Lipinski definition) is 2. The third-order valence-electron chi connectivity index (χ3n) is 3.97. The molecule has 0 saturated heterocycles. The maximum absolute atomic E-state index is 12.7. The van der Waals surface area contributed by atoms with Gasteiger partial charge in [-0.15, -0.1) is 0 Å². The fourth-order valence-corrected chi connectivity index (χ4v) is 3.12. The first-order chi connectivity index (χ1) is 9.54. The van der Waals surface area contributed by atoms with Crippen LogP contribution >= 0.6 is 23.8 Å². The van der Waals surface area contributed by atoms with E-state index in [1.54, 1.807) is 24.3 Å². The molecule has 0 spiro atoms. The Morgan fingerprint density at radius 2 is 1.70 bits per heavy atom. The van der Waals surface area contributed by atoms with Crippen molar-refractivity contribution >= 4 is 40.4 Å². The molecule has 1 aliphatic rings. The highest BCUT2D eigenvalue weighted by atomic mass is 35.5. The Morgan fingerprint density at radius 3 is 2.20 bits per heavy atom. The van der Waals surface area contributed by atoms with E-state index < -0.39 is 5.41 Å². The average molecular weight is 311 g/mol. The second kappa shape index (κ2) is 6.55. The molecule has 0 atom stereocenters. The van der Waals surface area contributed by atoms with Crippen LogP contribution in [0.25, 0.3) is 0 Å². The number of carbonyl (C=O) groups excluding carboxylic acids is 1. The number of benzene rings is 1. The quantitative estimate of drug-likeness (QED) is 0.657. The van der Waals surface area contributed by atoms with Crippen molar-refractivity contribution in [2.75, 3.05) is 5.32 Å². The first kappa shape index (κ1) is 15.3. The molecular weight excluding hydrogens is 292 g/mol. The average Bonchev–Trinajstić information content (AvgIpc) is 2.68. The number of rotatable bonds is 3. The Balaban J connectivity index is 2.18. The van der Waals surface area contributed by atoms with E-state index in [1.807, 2.05) is 0 Å². The van der Waals surface area contributed by atoms with Gasteiger partial charge in [-0.05, 0) is 37.1 Å². The van der Waals surface area contributed by atoms with Gasteiger partial charge in [-0.25, -0.2) is 0 Å². The molecule has 5 heteroatoms. The Bertz CT molecular complexity index is 493. The summed E-state index contributed by atoms with van der Waals surface area (Å²) in [7, 11) is 0. The SMILES string of the molecule is NC(=S)C1(C(=O)Nc2ccc(Cl)cc2)CCCCCC1. The second-order valence-corrected chi connectivity index (χ2v) is 6.20. The molecule has 3 nitrogen and oxygen atoms in total. The van der Waals surface area contributed by atoms with Crippen LogP contribution in [0.2, 0.25) is 5.02 Å². The number of hydrogen-bond acceptors (Lipinski definition) is 2. The molecule has 1 aromatic rings. The molecular formula is C15H19ClN2OS. The van der Waals surface area contributed by atoms with E-state index in [0.29, 0.717) is 10.0 Å². The minimum absolute atomic E-state index is 0.0887. The molecule has 0 aromatic heterocycles. The molecule has 2 rings (SSSR count). The summed E-state index contributed by atoms with van der Waals surface area (Å²) in [4.78, 5) is 13.0. The molecule has 0 heterocycles. The van der Waals surface area contributed by atoms with Crippen molar-refractivity contribution in [2.45, 2.75) is 38.5 Å². The van der Waals surface area contributed by atoms with Gasteiger partial charge >= 0.3 is 0 Å². The third kappa shape index (κ3) is 3.30. The fourth-order valence-electron chi connectivity index (χ4n) is 2.70. The van der Waals surface area contributed by atoms with Gasteiger partial charge in [-0.1, -0.05) is 49.5 Å². The molecule has 0 unspecified atom stereocenters. The van der Waals surface area contributed by atoms with Crippen molar-refractivity contribution in [1.82, 2.24) is 0 Å². The minimum Gasteiger partial charge on any atom is -0.392 e. The topological polar surface area (TPSA) is 55.1 Å². The highest BCUT2D eigenvalue weighted by molar-refractivity contribution is 7.80. The molecule has 20 heavy (non-hydrogen) atoms. The van der Waals surface area contributed by atoms with Crippen LogP contribution in [0.1, 0.15) is 38.5 Å². The van der Waals surface area contributed by atoms with Crippen LogP contribution in [0.5, 0.6) is 0 Å². The lowest BCUT2D eigenvalue weighted by Crippen LogP contribution is -2.45. The van der Waals surface area contributed by atoms with Crippen LogP contribution in [-0.4, -0.2) is 10.9 Å². The van der Waals surface area contributed by atoms with Gasteiger partial charge in [0, 0.05) is 10.7 Å². The first-order valence-electron chi connectivity index (χ1n) is 6.91. The molecule has 3 N–H and O–H groups in total. The van der Waals surface area contributed by atoms with Crippen LogP contribution in [0, 0.1) is 5.41 Å². The summed E-state index contributed by atoms with van der Waals surface area (Å²) in [5, 5.41) is 3.56. The van der Waals surface area contributed by atoms with E-state index in [1.165, 1.54) is 0 Å². The summed E-state index contributed by atoms with van der Waals surface area (Å²) >= 11 is 11.0. The van der Waals surface area contributed by atoms with Crippen molar-refractivity contribution in [1.29, 1.82) is 0 Å². The molecule has 0 bridgehead atoms. The van der Waals surface area contributed by atoms with Gasteiger partial charge in [-0.2, -0.15) is 0 Å². The van der Waals surface area contributed by atoms with Crippen molar-refractivity contribution in [2.24, 2.45) is 11.1 Å². The molecule has 1 saturated carbocycles. The number of nitrogens with two attached hydrogens (primary N) is 1. The monoisotopic (exact) mass is 310 g/mol. The third-order valence-corrected chi connectivity index (χ3v) is 4.61. The molecule has 0 aliphatic heterocycles. The number of anilines is 1. The Morgan fingerprint density at radius 1 is 1.15 bits per heavy atom. The van der Waals surface area contributed by atoms with E-state index in [2.05, 4.69) is 5.32 Å². The Kier molecular flexibility index (Phi) is 5.00. The lowest BCUT2D eigenvalue weighted by atomic mass is 9.79. The predicted octanol–water partition coefficient (Wildman–Crippen LogP) is 3.91. The maximum atomic E-state index is 12.7. The predicted molar refractivity (Wildman–Crippen MR) is 87.0 cm³/mol. The van der Waals surface area contributed by atoms with Gasteiger partial charge < -0.3 is 11.1 Å². The maximum Gasteiger partial charge on any atom is 0.237 e. The van der Waals surface area contributed by atoms with Crippen LogP contribution in [0.4, 0.5) is 5.69 Å². The lowest BCUT2D eigenvalue weighted by molar-refractivity contribution is -0.122. The van der Waals surface area contributed by atoms with Crippen molar-refractivity contribution in [3.63, 3.8) is 0 Å². The molecule has 1 aliphatic carbocycles. The minimum atomic E-state index is -0.703. The normalized spacial score (nSPS) is 18.1. The summed E-state index contributed by atoms with van der Waals surface area (Å²) in [6, 6.07) is 7.06. The fraction of sp³-hybridized carbons (Fsp3) is 0.467. The first-order valence-corrected chi connectivity index (χ1v) is 7.70. The van der Waals surface area contributed by atoms with Crippen LogP contribution < -0.4 is 11.1 Å². The number of nitrogens with one attached hydrogen (secondary N) is 1. The molecule has 1 amide bonds. The van der Waals surface area contributed by atoms with Gasteiger partial charge in [0.1, 0.15) is 0 Å². The second-order valence-electron chi connectivity index (χ2n) is 5.32. The standard InChI is InChI=1S/C15H19ClN2OS/c16-11-5-7-12(8-6-11)18-14(19)15(13(17)20)9-3-1-2-4-10-15/h5-8H,1-4,9-10H2,(H2,17,20)(H,18,19). The number of carbonyl (C=O) groups is 1.